The third kappa shape index (κ3) is 3.24. The van der Waals surface area contributed by atoms with Crippen LogP contribution in [0.4, 0.5) is 10.2 Å². The molecule has 26 heavy (non-hydrogen) atoms. The molecule has 3 aromatic rings. The summed E-state index contributed by atoms with van der Waals surface area (Å²) in [5.74, 6) is 0.240. The molecule has 4 rings (SSSR count). The van der Waals surface area contributed by atoms with Gasteiger partial charge in [0.2, 0.25) is 0 Å². The highest BCUT2D eigenvalue weighted by Crippen LogP contribution is 2.21. The second-order valence-electron chi connectivity index (χ2n) is 6.20. The molecule has 1 aliphatic heterocycles. The lowest BCUT2D eigenvalue weighted by Gasteiger charge is -2.15. The maximum Gasteiger partial charge on any atom is 0.165 e. The zero-order valence-electron chi connectivity index (χ0n) is 13.8. The van der Waals surface area contributed by atoms with Gasteiger partial charge < -0.3 is 24.8 Å². The number of hydrogen-bond donors (Lipinski definition) is 3. The minimum Gasteiger partial charge on any atom is -0.388 e. The van der Waals surface area contributed by atoms with E-state index in [2.05, 4.69) is 20.3 Å². The Kier molecular flexibility index (Phi) is 4.49. The Morgan fingerprint density at radius 1 is 1.27 bits per heavy atom. The summed E-state index contributed by atoms with van der Waals surface area (Å²) in [4.78, 5) is 12.8. The smallest absolute Gasteiger partial charge is 0.165 e. The van der Waals surface area contributed by atoms with E-state index < -0.39 is 18.3 Å². The summed E-state index contributed by atoms with van der Waals surface area (Å²) in [6.45, 7) is 0.816. The van der Waals surface area contributed by atoms with Crippen molar-refractivity contribution in [1.82, 2.24) is 19.5 Å². The van der Waals surface area contributed by atoms with Gasteiger partial charge in [-0.05, 0) is 17.7 Å². The summed E-state index contributed by atoms with van der Waals surface area (Å²) < 4.78 is 20.4. The summed E-state index contributed by atoms with van der Waals surface area (Å²) in [5, 5.41) is 22.7. The molecule has 9 heteroatoms. The fraction of sp³-hybridized carbons (Fsp3) is 0.353. The molecule has 8 nitrogen and oxygen atoms in total. The average molecular weight is 359 g/mol. The lowest BCUT2D eigenvalue weighted by molar-refractivity contribution is 0.0157. The minimum atomic E-state index is -0.945. The van der Waals surface area contributed by atoms with Crippen LogP contribution >= 0.6 is 0 Å². The fourth-order valence-corrected chi connectivity index (χ4v) is 3.00. The first-order valence-electron chi connectivity index (χ1n) is 8.23. The molecule has 1 saturated heterocycles. The van der Waals surface area contributed by atoms with Gasteiger partial charge in [-0.15, -0.1) is 0 Å². The monoisotopic (exact) mass is 359 g/mol. The van der Waals surface area contributed by atoms with Gasteiger partial charge in [-0.25, -0.2) is 19.3 Å². The number of nitrogens with zero attached hydrogens (tertiary/aromatic N) is 4. The zero-order valence-corrected chi connectivity index (χ0v) is 13.8. The van der Waals surface area contributed by atoms with E-state index >= 15 is 0 Å². The van der Waals surface area contributed by atoms with Crippen LogP contribution in [0.1, 0.15) is 5.56 Å². The standard InChI is InChI=1S/C17H18FN5O3/c18-11-3-1-2-10(4-11)5-19-16-14-17(21-8-20-16)23(9-22-14)6-13-15(25)12(24)7-26-13/h1-4,8-9,12-13,15,24-25H,5-7H2,(H,19,20,21)/t12-,13+,15-/m1/s1. The van der Waals surface area contributed by atoms with E-state index in [1.165, 1.54) is 18.5 Å². The van der Waals surface area contributed by atoms with E-state index in [-0.39, 0.29) is 12.4 Å². The van der Waals surface area contributed by atoms with Crippen molar-refractivity contribution in [1.29, 1.82) is 0 Å². The van der Waals surface area contributed by atoms with Crippen LogP contribution in [0, 0.1) is 5.82 Å². The van der Waals surface area contributed by atoms with Crippen LogP contribution in [0.15, 0.2) is 36.9 Å². The molecular weight excluding hydrogens is 341 g/mol. The van der Waals surface area contributed by atoms with Gasteiger partial charge in [-0.3, -0.25) is 0 Å². The van der Waals surface area contributed by atoms with Crippen LogP contribution in [-0.4, -0.2) is 54.7 Å². The molecule has 136 valence electrons. The largest absolute Gasteiger partial charge is 0.388 e. The molecule has 2 aromatic heterocycles. The Hall–Kier alpha value is -2.62. The predicted octanol–water partition coefficient (Wildman–Crippen LogP) is 0.698. The topological polar surface area (TPSA) is 105 Å². The number of hydrogen-bond acceptors (Lipinski definition) is 7. The number of aliphatic hydroxyl groups excluding tert-OH is 2. The molecule has 0 aliphatic carbocycles. The molecule has 0 radical (unpaired) electrons. The summed E-state index contributed by atoms with van der Waals surface area (Å²) in [7, 11) is 0. The summed E-state index contributed by atoms with van der Waals surface area (Å²) in [6.07, 6.45) is 0.650. The fourth-order valence-electron chi connectivity index (χ4n) is 3.00. The Bertz CT molecular complexity index is 918. The third-order valence-corrected chi connectivity index (χ3v) is 4.38. The highest BCUT2D eigenvalue weighted by atomic mass is 19.1. The second kappa shape index (κ2) is 6.94. The van der Waals surface area contributed by atoms with Crippen LogP contribution in [0.2, 0.25) is 0 Å². The normalized spacial score (nSPS) is 22.8. The van der Waals surface area contributed by atoms with Gasteiger partial charge in [-0.2, -0.15) is 0 Å². The van der Waals surface area contributed by atoms with Gasteiger partial charge in [0, 0.05) is 6.54 Å². The molecule has 0 amide bonds. The SMILES string of the molecule is O[C@@H]1[C@H](O)CO[C@H]1Cn1cnc2c(NCc3cccc(F)c3)ncnc21. The van der Waals surface area contributed by atoms with Crippen LogP contribution in [-0.2, 0) is 17.8 Å². The van der Waals surface area contributed by atoms with Crippen molar-refractivity contribution in [2.24, 2.45) is 0 Å². The van der Waals surface area contributed by atoms with Gasteiger partial charge >= 0.3 is 0 Å². The lowest BCUT2D eigenvalue weighted by Crippen LogP contribution is -2.32. The van der Waals surface area contributed by atoms with E-state index in [4.69, 9.17) is 4.74 Å². The number of anilines is 1. The number of halogens is 1. The Morgan fingerprint density at radius 3 is 2.92 bits per heavy atom. The Labute approximate surface area is 148 Å². The van der Waals surface area contributed by atoms with Crippen molar-refractivity contribution in [2.75, 3.05) is 11.9 Å². The third-order valence-electron chi connectivity index (χ3n) is 4.38. The molecule has 1 aliphatic rings. The lowest BCUT2D eigenvalue weighted by atomic mass is 10.1. The van der Waals surface area contributed by atoms with Crippen LogP contribution in [0.25, 0.3) is 11.2 Å². The summed E-state index contributed by atoms with van der Waals surface area (Å²) >= 11 is 0. The first kappa shape index (κ1) is 16.8. The van der Waals surface area contributed by atoms with Crippen LogP contribution in [0.3, 0.4) is 0 Å². The summed E-state index contributed by atoms with van der Waals surface area (Å²) in [6, 6.07) is 6.31. The molecule has 0 unspecified atom stereocenters. The minimum absolute atomic E-state index is 0.105. The highest BCUT2D eigenvalue weighted by molar-refractivity contribution is 5.82. The molecular formula is C17H18FN5O3. The molecule has 0 spiro atoms. The van der Waals surface area contributed by atoms with Gasteiger partial charge in [0.1, 0.15) is 36.0 Å². The quantitative estimate of drug-likeness (QED) is 0.616. The molecule has 3 heterocycles. The maximum absolute atomic E-state index is 13.3. The number of fused-ring (bicyclic) bond motifs is 1. The molecule has 0 bridgehead atoms. The molecule has 0 saturated carbocycles. The van der Waals surface area contributed by atoms with E-state index in [0.29, 0.717) is 30.1 Å². The van der Waals surface area contributed by atoms with E-state index in [9.17, 15) is 14.6 Å². The van der Waals surface area contributed by atoms with Crippen molar-refractivity contribution in [3.8, 4) is 0 Å². The molecule has 1 fully saturated rings. The Morgan fingerprint density at radius 2 is 2.15 bits per heavy atom. The van der Waals surface area contributed by atoms with Crippen molar-refractivity contribution in [3.63, 3.8) is 0 Å². The van der Waals surface area contributed by atoms with E-state index in [1.807, 2.05) is 6.07 Å². The van der Waals surface area contributed by atoms with Gasteiger partial charge in [-0.1, -0.05) is 12.1 Å². The highest BCUT2D eigenvalue weighted by Gasteiger charge is 2.35. The number of ether oxygens (including phenoxy) is 1. The van der Waals surface area contributed by atoms with Gasteiger partial charge in [0.25, 0.3) is 0 Å². The van der Waals surface area contributed by atoms with Crippen molar-refractivity contribution in [3.05, 3.63) is 48.3 Å². The number of nitrogens with one attached hydrogen (secondary N) is 1. The number of aliphatic hydroxyl groups is 2. The molecule has 3 atom stereocenters. The van der Waals surface area contributed by atoms with Crippen molar-refractivity contribution < 1.29 is 19.3 Å². The summed E-state index contributed by atoms with van der Waals surface area (Å²) in [5.41, 5.74) is 1.93. The van der Waals surface area contributed by atoms with Gasteiger partial charge in [0.15, 0.2) is 11.5 Å². The van der Waals surface area contributed by atoms with E-state index in [0.717, 1.165) is 5.56 Å². The maximum atomic E-state index is 13.3. The van der Waals surface area contributed by atoms with Crippen LogP contribution < -0.4 is 5.32 Å². The van der Waals surface area contributed by atoms with Crippen LogP contribution in [0.5, 0.6) is 0 Å². The first-order chi connectivity index (χ1) is 12.6. The average Bonchev–Trinajstić information content (AvgIpc) is 3.19. The Balaban J connectivity index is 1.53. The first-order valence-corrected chi connectivity index (χ1v) is 8.23. The number of benzene rings is 1. The number of imidazole rings is 1. The number of aromatic nitrogens is 4. The zero-order chi connectivity index (χ0) is 18.1. The van der Waals surface area contributed by atoms with Crippen molar-refractivity contribution >= 4 is 17.0 Å². The molecule has 1 aromatic carbocycles. The van der Waals surface area contributed by atoms with Crippen molar-refractivity contribution in [2.45, 2.75) is 31.4 Å². The second-order valence-corrected chi connectivity index (χ2v) is 6.20. The van der Waals surface area contributed by atoms with E-state index in [1.54, 1.807) is 17.0 Å². The predicted molar refractivity (Wildman–Crippen MR) is 90.8 cm³/mol. The van der Waals surface area contributed by atoms with Gasteiger partial charge in [0.05, 0.1) is 19.5 Å². The molecule has 3 N–H and O–H groups in total. The number of rotatable bonds is 5.